The lowest BCUT2D eigenvalue weighted by atomic mass is 10.2. The van der Waals surface area contributed by atoms with Crippen molar-refractivity contribution in [3.8, 4) is 0 Å². The number of likely N-dealkylation sites (tertiary alicyclic amines) is 1. The fourth-order valence-electron chi connectivity index (χ4n) is 1.89. The van der Waals surface area contributed by atoms with E-state index in [9.17, 15) is 9.59 Å². The van der Waals surface area contributed by atoms with Gasteiger partial charge >= 0.3 is 12.1 Å². The Kier molecular flexibility index (Phi) is 6.91. The van der Waals surface area contributed by atoms with Crippen molar-refractivity contribution in [2.75, 3.05) is 32.9 Å². The van der Waals surface area contributed by atoms with E-state index in [1.165, 1.54) is 0 Å². The number of nitrogens with zero attached hydrogens (tertiary/aromatic N) is 1. The first kappa shape index (κ1) is 17.7. The monoisotopic (exact) mass is 303 g/mol. The molecule has 0 aromatic carbocycles. The van der Waals surface area contributed by atoms with Crippen LogP contribution in [0.15, 0.2) is 0 Å². The number of carbonyl (C=O) groups excluding carboxylic acids is 1. The largest absolute Gasteiger partial charge is 0.481 e. The van der Waals surface area contributed by atoms with Gasteiger partial charge in [-0.3, -0.25) is 4.79 Å². The van der Waals surface area contributed by atoms with Crippen molar-refractivity contribution < 1.29 is 28.9 Å². The molecule has 1 aliphatic rings. The molecular weight excluding hydrogens is 278 g/mol. The van der Waals surface area contributed by atoms with Gasteiger partial charge in [0.05, 0.1) is 38.9 Å². The predicted octanol–water partition coefficient (Wildman–Crippen LogP) is 1.50. The molecule has 21 heavy (non-hydrogen) atoms. The summed E-state index contributed by atoms with van der Waals surface area (Å²) in [7, 11) is 0. The van der Waals surface area contributed by atoms with E-state index in [1.807, 2.05) is 20.8 Å². The Balaban J connectivity index is 2.11. The quantitative estimate of drug-likeness (QED) is 0.717. The molecule has 1 amide bonds. The van der Waals surface area contributed by atoms with Crippen LogP contribution in [0.2, 0.25) is 0 Å². The molecule has 0 saturated carbocycles. The second-order valence-corrected chi connectivity index (χ2v) is 5.96. The normalized spacial score (nSPS) is 18.8. The number of carboxylic acids is 1. The van der Waals surface area contributed by atoms with Crippen LogP contribution in [0, 0.1) is 0 Å². The number of rotatable bonds is 7. The summed E-state index contributed by atoms with van der Waals surface area (Å²) in [6.07, 6.45) is 0.441. The number of aliphatic carboxylic acids is 1. The highest BCUT2D eigenvalue weighted by atomic mass is 16.6. The maximum Gasteiger partial charge on any atom is 0.410 e. The van der Waals surface area contributed by atoms with E-state index in [4.69, 9.17) is 19.3 Å². The lowest BCUT2D eigenvalue weighted by molar-refractivity contribution is -0.138. The molecule has 0 radical (unpaired) electrons. The summed E-state index contributed by atoms with van der Waals surface area (Å²) in [6.45, 7) is 7.59. The second kappa shape index (κ2) is 8.19. The number of amides is 1. The van der Waals surface area contributed by atoms with Crippen molar-refractivity contribution >= 4 is 12.1 Å². The molecule has 0 unspecified atom stereocenters. The fraction of sp³-hybridized carbons (Fsp3) is 0.857. The summed E-state index contributed by atoms with van der Waals surface area (Å²) in [5.74, 6) is -0.875. The van der Waals surface area contributed by atoms with Crippen LogP contribution < -0.4 is 0 Å². The molecule has 1 N–H and O–H groups in total. The van der Waals surface area contributed by atoms with Crippen molar-refractivity contribution in [2.45, 2.75) is 45.3 Å². The number of carboxylic acid groups (broad SMARTS) is 1. The standard InChI is InChI=1S/C14H25NO6/c1-14(2,3)21-13(18)15-6-4-11(10-15)20-9-8-19-7-5-12(16)17/h11H,4-10H2,1-3H3,(H,16,17)/t11-/m1/s1. The molecular formula is C14H25NO6. The van der Waals surface area contributed by atoms with E-state index in [2.05, 4.69) is 0 Å². The van der Waals surface area contributed by atoms with Gasteiger partial charge in [0.2, 0.25) is 0 Å². The van der Waals surface area contributed by atoms with Gasteiger partial charge in [-0.05, 0) is 27.2 Å². The fourth-order valence-corrected chi connectivity index (χ4v) is 1.89. The first-order chi connectivity index (χ1) is 9.78. The van der Waals surface area contributed by atoms with Crippen molar-refractivity contribution in [3.05, 3.63) is 0 Å². The van der Waals surface area contributed by atoms with Crippen LogP contribution in [0.3, 0.4) is 0 Å². The Bertz CT molecular complexity index is 352. The van der Waals surface area contributed by atoms with Crippen molar-refractivity contribution in [3.63, 3.8) is 0 Å². The predicted molar refractivity (Wildman–Crippen MR) is 75.2 cm³/mol. The zero-order chi connectivity index (χ0) is 15.9. The zero-order valence-corrected chi connectivity index (χ0v) is 13.0. The van der Waals surface area contributed by atoms with Crippen LogP contribution in [-0.4, -0.2) is 66.7 Å². The molecule has 122 valence electrons. The van der Waals surface area contributed by atoms with E-state index in [0.717, 1.165) is 6.42 Å². The summed E-state index contributed by atoms with van der Waals surface area (Å²) in [5.41, 5.74) is -0.492. The SMILES string of the molecule is CC(C)(C)OC(=O)N1CC[C@@H](OCCOCCC(=O)O)C1. The van der Waals surface area contributed by atoms with Gasteiger partial charge in [-0.15, -0.1) is 0 Å². The minimum atomic E-state index is -0.875. The van der Waals surface area contributed by atoms with Crippen LogP contribution in [0.4, 0.5) is 4.79 Å². The van der Waals surface area contributed by atoms with Gasteiger partial charge in [0.1, 0.15) is 5.60 Å². The first-order valence-corrected chi connectivity index (χ1v) is 7.17. The van der Waals surface area contributed by atoms with E-state index >= 15 is 0 Å². The number of ether oxygens (including phenoxy) is 3. The van der Waals surface area contributed by atoms with Gasteiger partial charge in [0.15, 0.2) is 0 Å². The summed E-state index contributed by atoms with van der Waals surface area (Å²) >= 11 is 0. The molecule has 1 saturated heterocycles. The van der Waals surface area contributed by atoms with E-state index in [1.54, 1.807) is 4.90 Å². The third-order valence-electron chi connectivity index (χ3n) is 2.84. The minimum absolute atomic E-state index is 0.00412. The van der Waals surface area contributed by atoms with Crippen molar-refractivity contribution in [2.24, 2.45) is 0 Å². The molecule has 0 aliphatic carbocycles. The Morgan fingerprint density at radius 1 is 1.24 bits per heavy atom. The summed E-state index contributed by atoms with van der Waals surface area (Å²) in [4.78, 5) is 23.8. The topological polar surface area (TPSA) is 85.3 Å². The van der Waals surface area contributed by atoms with Crippen LogP contribution in [0.5, 0.6) is 0 Å². The van der Waals surface area contributed by atoms with Gasteiger partial charge in [-0.2, -0.15) is 0 Å². The summed E-state index contributed by atoms with van der Waals surface area (Å²) in [6, 6.07) is 0. The van der Waals surface area contributed by atoms with E-state index < -0.39 is 11.6 Å². The third-order valence-corrected chi connectivity index (χ3v) is 2.84. The van der Waals surface area contributed by atoms with Crippen LogP contribution in [0.25, 0.3) is 0 Å². The summed E-state index contributed by atoms with van der Waals surface area (Å²) in [5, 5.41) is 8.44. The number of hydrogen-bond acceptors (Lipinski definition) is 5. The maximum absolute atomic E-state index is 11.9. The zero-order valence-electron chi connectivity index (χ0n) is 13.0. The lowest BCUT2D eigenvalue weighted by Crippen LogP contribution is -2.36. The second-order valence-electron chi connectivity index (χ2n) is 5.96. The Morgan fingerprint density at radius 2 is 1.95 bits per heavy atom. The first-order valence-electron chi connectivity index (χ1n) is 7.17. The lowest BCUT2D eigenvalue weighted by Gasteiger charge is -2.24. The third kappa shape index (κ3) is 7.87. The number of carbonyl (C=O) groups is 2. The summed E-state index contributed by atoms with van der Waals surface area (Å²) < 4.78 is 16.0. The minimum Gasteiger partial charge on any atom is -0.481 e. The number of hydrogen-bond donors (Lipinski definition) is 1. The van der Waals surface area contributed by atoms with Gasteiger partial charge in [0.25, 0.3) is 0 Å². The highest BCUT2D eigenvalue weighted by Gasteiger charge is 2.30. The van der Waals surface area contributed by atoms with Gasteiger partial charge < -0.3 is 24.2 Å². The highest BCUT2D eigenvalue weighted by Crippen LogP contribution is 2.17. The van der Waals surface area contributed by atoms with Crippen LogP contribution in [0.1, 0.15) is 33.6 Å². The molecule has 1 heterocycles. The average molecular weight is 303 g/mol. The molecule has 1 fully saturated rings. The van der Waals surface area contributed by atoms with Crippen molar-refractivity contribution in [1.82, 2.24) is 4.90 Å². The van der Waals surface area contributed by atoms with Crippen LogP contribution >= 0.6 is 0 Å². The van der Waals surface area contributed by atoms with Crippen molar-refractivity contribution in [1.29, 1.82) is 0 Å². The Morgan fingerprint density at radius 3 is 2.57 bits per heavy atom. The molecule has 0 bridgehead atoms. The van der Waals surface area contributed by atoms with Gasteiger partial charge in [-0.1, -0.05) is 0 Å². The Hall–Kier alpha value is -1.34. The molecule has 0 aromatic heterocycles. The smallest absolute Gasteiger partial charge is 0.410 e. The van der Waals surface area contributed by atoms with Gasteiger partial charge in [0, 0.05) is 6.54 Å². The molecule has 1 rings (SSSR count). The molecule has 1 atom stereocenters. The highest BCUT2D eigenvalue weighted by molar-refractivity contribution is 5.68. The average Bonchev–Trinajstić information content (AvgIpc) is 2.80. The molecule has 7 heteroatoms. The maximum atomic E-state index is 11.9. The molecule has 7 nitrogen and oxygen atoms in total. The van der Waals surface area contributed by atoms with Crippen LogP contribution in [-0.2, 0) is 19.0 Å². The van der Waals surface area contributed by atoms with E-state index in [-0.39, 0.29) is 25.2 Å². The molecule has 0 aromatic rings. The van der Waals surface area contributed by atoms with Gasteiger partial charge in [-0.25, -0.2) is 4.79 Å². The molecule has 0 spiro atoms. The van der Waals surface area contributed by atoms with E-state index in [0.29, 0.717) is 26.3 Å². The molecule has 1 aliphatic heterocycles. The Labute approximate surface area is 125 Å².